The first-order valence-electron chi connectivity index (χ1n) is 8.33. The average Bonchev–Trinajstić information content (AvgIpc) is 2.60. The van der Waals surface area contributed by atoms with Crippen molar-refractivity contribution in [2.45, 2.75) is 26.7 Å². The Kier molecular flexibility index (Phi) is 8.36. The first-order chi connectivity index (χ1) is 11.1. The molecule has 0 bridgehead atoms. The summed E-state index contributed by atoms with van der Waals surface area (Å²) in [5.41, 5.74) is 1.55. The van der Waals surface area contributed by atoms with Gasteiger partial charge in [0.2, 0.25) is 0 Å². The van der Waals surface area contributed by atoms with E-state index >= 15 is 0 Å². The van der Waals surface area contributed by atoms with E-state index in [1.807, 2.05) is 24.0 Å². The van der Waals surface area contributed by atoms with E-state index in [0.717, 1.165) is 44.6 Å². The highest BCUT2D eigenvalue weighted by molar-refractivity contribution is 5.95. The number of rotatable bonds is 6. The second kappa shape index (κ2) is 9.74. The molecule has 5 nitrogen and oxygen atoms in total. The molecule has 1 aromatic rings. The van der Waals surface area contributed by atoms with E-state index in [9.17, 15) is 4.79 Å². The van der Waals surface area contributed by atoms with Crippen molar-refractivity contribution in [1.82, 2.24) is 10.2 Å². The number of piperidine rings is 1. The maximum absolute atomic E-state index is 12.8. The lowest BCUT2D eigenvalue weighted by Crippen LogP contribution is -2.40. The molecule has 0 radical (unpaired) electrons. The van der Waals surface area contributed by atoms with E-state index in [2.05, 4.69) is 12.2 Å². The lowest BCUT2D eigenvalue weighted by atomic mass is 9.96. The molecule has 0 aromatic heterocycles. The Balaban J connectivity index is 0.00000288. The van der Waals surface area contributed by atoms with Crippen molar-refractivity contribution in [3.05, 3.63) is 23.3 Å². The zero-order valence-electron chi connectivity index (χ0n) is 15.1. The van der Waals surface area contributed by atoms with E-state index in [1.54, 1.807) is 14.2 Å². The molecule has 1 N–H and O–H groups in total. The van der Waals surface area contributed by atoms with Gasteiger partial charge in [0.15, 0.2) is 0 Å². The van der Waals surface area contributed by atoms with E-state index < -0.39 is 0 Å². The molecule has 1 amide bonds. The van der Waals surface area contributed by atoms with Gasteiger partial charge in [-0.05, 0) is 50.9 Å². The minimum absolute atomic E-state index is 0. The van der Waals surface area contributed by atoms with Gasteiger partial charge < -0.3 is 19.7 Å². The molecule has 1 fully saturated rings. The number of carbonyl (C=O) groups is 1. The number of amides is 1. The van der Waals surface area contributed by atoms with E-state index in [-0.39, 0.29) is 18.3 Å². The summed E-state index contributed by atoms with van der Waals surface area (Å²) >= 11 is 0. The molecular formula is C18H29ClN2O3. The first-order valence-corrected chi connectivity index (χ1v) is 8.33. The Hall–Kier alpha value is -1.46. The molecule has 1 saturated heterocycles. The zero-order valence-corrected chi connectivity index (χ0v) is 15.9. The SMILES string of the molecule is CCNCC1CCN(C(=O)c2cc(OC)c(C)c(OC)c2)CC1.Cl. The number of likely N-dealkylation sites (tertiary alicyclic amines) is 1. The van der Waals surface area contributed by atoms with Crippen molar-refractivity contribution in [2.24, 2.45) is 5.92 Å². The Morgan fingerprint density at radius 2 is 1.75 bits per heavy atom. The van der Waals surface area contributed by atoms with Gasteiger partial charge in [-0.3, -0.25) is 4.79 Å². The summed E-state index contributed by atoms with van der Waals surface area (Å²) in [6, 6.07) is 3.62. The van der Waals surface area contributed by atoms with Gasteiger partial charge in [0.1, 0.15) is 11.5 Å². The highest BCUT2D eigenvalue weighted by Crippen LogP contribution is 2.30. The quantitative estimate of drug-likeness (QED) is 0.851. The van der Waals surface area contributed by atoms with Gasteiger partial charge in [0, 0.05) is 24.2 Å². The van der Waals surface area contributed by atoms with Crippen molar-refractivity contribution in [3.8, 4) is 11.5 Å². The molecule has 136 valence electrons. The topological polar surface area (TPSA) is 50.8 Å². The smallest absolute Gasteiger partial charge is 0.254 e. The van der Waals surface area contributed by atoms with Crippen LogP contribution in [0.25, 0.3) is 0 Å². The van der Waals surface area contributed by atoms with Crippen LogP contribution in [0.1, 0.15) is 35.7 Å². The number of methoxy groups -OCH3 is 2. The van der Waals surface area contributed by atoms with Crippen LogP contribution in [0.4, 0.5) is 0 Å². The van der Waals surface area contributed by atoms with Crippen molar-refractivity contribution < 1.29 is 14.3 Å². The van der Waals surface area contributed by atoms with E-state index in [1.165, 1.54) is 0 Å². The summed E-state index contributed by atoms with van der Waals surface area (Å²) in [6.45, 7) is 7.72. The number of ether oxygens (including phenoxy) is 2. The molecule has 1 aliphatic rings. The maximum atomic E-state index is 12.8. The number of benzene rings is 1. The Labute approximate surface area is 151 Å². The maximum Gasteiger partial charge on any atom is 0.254 e. The minimum Gasteiger partial charge on any atom is -0.496 e. The molecule has 1 aromatic carbocycles. The number of nitrogens with zero attached hydrogens (tertiary/aromatic N) is 1. The second-order valence-electron chi connectivity index (χ2n) is 6.05. The van der Waals surface area contributed by atoms with Crippen LogP contribution in [-0.4, -0.2) is 51.2 Å². The van der Waals surface area contributed by atoms with Gasteiger partial charge in [-0.2, -0.15) is 0 Å². The lowest BCUT2D eigenvalue weighted by molar-refractivity contribution is 0.0689. The summed E-state index contributed by atoms with van der Waals surface area (Å²) in [5, 5.41) is 3.39. The summed E-state index contributed by atoms with van der Waals surface area (Å²) in [5.74, 6) is 2.11. The van der Waals surface area contributed by atoms with Crippen molar-refractivity contribution in [2.75, 3.05) is 40.4 Å². The zero-order chi connectivity index (χ0) is 16.8. The highest BCUT2D eigenvalue weighted by atomic mass is 35.5. The third-order valence-electron chi connectivity index (χ3n) is 4.58. The van der Waals surface area contributed by atoms with E-state index in [4.69, 9.17) is 9.47 Å². The first kappa shape index (κ1) is 20.6. The van der Waals surface area contributed by atoms with Crippen molar-refractivity contribution >= 4 is 18.3 Å². The monoisotopic (exact) mass is 356 g/mol. The van der Waals surface area contributed by atoms with Crippen LogP contribution >= 0.6 is 12.4 Å². The lowest BCUT2D eigenvalue weighted by Gasteiger charge is -2.32. The molecule has 0 aliphatic carbocycles. The molecule has 1 heterocycles. The third kappa shape index (κ3) is 4.77. The number of carbonyl (C=O) groups excluding carboxylic acids is 1. The number of halogens is 1. The number of hydrogen-bond acceptors (Lipinski definition) is 4. The number of nitrogens with one attached hydrogen (secondary N) is 1. The summed E-state index contributed by atoms with van der Waals surface area (Å²) in [4.78, 5) is 14.7. The van der Waals surface area contributed by atoms with Gasteiger partial charge in [0.05, 0.1) is 14.2 Å². The molecule has 0 saturated carbocycles. The van der Waals surface area contributed by atoms with Crippen LogP contribution in [0, 0.1) is 12.8 Å². The molecule has 1 aliphatic heterocycles. The fraction of sp³-hybridized carbons (Fsp3) is 0.611. The fourth-order valence-corrected chi connectivity index (χ4v) is 3.08. The van der Waals surface area contributed by atoms with Crippen LogP contribution in [0.2, 0.25) is 0 Å². The van der Waals surface area contributed by atoms with Gasteiger partial charge in [0.25, 0.3) is 5.91 Å². The standard InChI is InChI=1S/C18H28N2O3.ClH/c1-5-19-12-14-6-8-20(9-7-14)18(21)15-10-16(22-3)13(2)17(11-15)23-4;/h10-11,14,19H,5-9,12H2,1-4H3;1H. The van der Waals surface area contributed by atoms with Crippen LogP contribution in [0.15, 0.2) is 12.1 Å². The van der Waals surface area contributed by atoms with Crippen LogP contribution in [0.3, 0.4) is 0 Å². The Morgan fingerprint density at radius 3 is 2.21 bits per heavy atom. The van der Waals surface area contributed by atoms with Gasteiger partial charge in [-0.1, -0.05) is 6.92 Å². The van der Waals surface area contributed by atoms with Gasteiger partial charge in [-0.25, -0.2) is 0 Å². The predicted octanol–water partition coefficient (Wildman–Crippen LogP) is 2.90. The fourth-order valence-electron chi connectivity index (χ4n) is 3.08. The summed E-state index contributed by atoms with van der Waals surface area (Å²) in [7, 11) is 3.23. The molecule has 0 unspecified atom stereocenters. The van der Waals surface area contributed by atoms with Gasteiger partial charge in [-0.15, -0.1) is 12.4 Å². The molecular weight excluding hydrogens is 328 g/mol. The number of hydrogen-bond donors (Lipinski definition) is 1. The molecule has 6 heteroatoms. The average molecular weight is 357 g/mol. The molecule has 2 rings (SSSR count). The normalized spacial score (nSPS) is 14.9. The van der Waals surface area contributed by atoms with Crippen molar-refractivity contribution in [1.29, 1.82) is 0 Å². The predicted molar refractivity (Wildman–Crippen MR) is 98.7 cm³/mol. The van der Waals surface area contributed by atoms with Crippen LogP contribution in [0.5, 0.6) is 11.5 Å². The van der Waals surface area contributed by atoms with E-state index in [0.29, 0.717) is 23.0 Å². The molecule has 24 heavy (non-hydrogen) atoms. The Bertz CT molecular complexity index is 518. The molecule has 0 spiro atoms. The largest absolute Gasteiger partial charge is 0.496 e. The molecule has 0 atom stereocenters. The third-order valence-corrected chi connectivity index (χ3v) is 4.58. The highest BCUT2D eigenvalue weighted by Gasteiger charge is 2.24. The van der Waals surface area contributed by atoms with Crippen molar-refractivity contribution in [3.63, 3.8) is 0 Å². The van der Waals surface area contributed by atoms with Gasteiger partial charge >= 0.3 is 0 Å². The Morgan fingerprint density at radius 1 is 1.21 bits per heavy atom. The van der Waals surface area contributed by atoms with Crippen LogP contribution in [-0.2, 0) is 0 Å². The summed E-state index contributed by atoms with van der Waals surface area (Å²) in [6.07, 6.45) is 2.11. The second-order valence-corrected chi connectivity index (χ2v) is 6.05. The summed E-state index contributed by atoms with van der Waals surface area (Å²) < 4.78 is 10.7. The van der Waals surface area contributed by atoms with Crippen LogP contribution < -0.4 is 14.8 Å². The minimum atomic E-state index is 0.